The quantitative estimate of drug-likeness (QED) is 0.444. The van der Waals surface area contributed by atoms with Crippen molar-refractivity contribution in [2.75, 3.05) is 31.5 Å². The lowest BCUT2D eigenvalue weighted by atomic mass is 9.87. The minimum Gasteiger partial charge on any atom is -0.338 e. The minimum atomic E-state index is -0.944. The van der Waals surface area contributed by atoms with Gasteiger partial charge in [-0.25, -0.2) is 9.59 Å². The first-order valence-electron chi connectivity index (χ1n) is 13.9. The van der Waals surface area contributed by atoms with Crippen LogP contribution in [0, 0.1) is 0 Å². The third-order valence-electron chi connectivity index (χ3n) is 8.09. The fraction of sp³-hybridized carbons (Fsp3) is 0.571. The van der Waals surface area contributed by atoms with Crippen LogP contribution in [0.5, 0.6) is 0 Å². The molecule has 2 aliphatic carbocycles. The van der Waals surface area contributed by atoms with Gasteiger partial charge in [-0.2, -0.15) is 4.98 Å². The van der Waals surface area contributed by atoms with Crippen molar-refractivity contribution in [1.29, 1.82) is 0 Å². The molecule has 0 spiro atoms. The van der Waals surface area contributed by atoms with Gasteiger partial charge in [0, 0.05) is 50.5 Å². The standard InChI is InChI=1S/C28H40N8O3/c1-28(2,30)25(37)34-11-13-35(14-12-34)26(38)32-24-9-10-36(27(39)33-24)23-8-4-18-15-21(6-3-19(18)16-23)31-22-7-5-20(29)17-22/h4,8-10,16,20-22,31H,3,5-7,11-15,17,29-30H2,1-2H3,(H,32,33,38,39)/t20-,21?,22?/m0/s1. The van der Waals surface area contributed by atoms with E-state index in [1.165, 1.54) is 15.7 Å². The predicted molar refractivity (Wildman–Crippen MR) is 150 cm³/mol. The summed E-state index contributed by atoms with van der Waals surface area (Å²) in [5, 5.41) is 6.51. The Morgan fingerprint density at radius 1 is 1.00 bits per heavy atom. The Hall–Kier alpha value is -3.28. The van der Waals surface area contributed by atoms with Crippen LogP contribution in [0.1, 0.15) is 50.7 Å². The maximum Gasteiger partial charge on any atom is 0.354 e. The lowest BCUT2D eigenvalue weighted by Crippen LogP contribution is -2.58. The molecule has 0 radical (unpaired) electrons. The molecule has 1 aliphatic heterocycles. The summed E-state index contributed by atoms with van der Waals surface area (Å²) < 4.78 is 1.50. The van der Waals surface area contributed by atoms with Gasteiger partial charge in [-0.1, -0.05) is 6.07 Å². The van der Waals surface area contributed by atoms with Gasteiger partial charge in [0.1, 0.15) is 5.82 Å². The van der Waals surface area contributed by atoms with Crippen LogP contribution < -0.4 is 27.8 Å². The van der Waals surface area contributed by atoms with Crippen LogP contribution in [0.3, 0.4) is 0 Å². The summed E-state index contributed by atoms with van der Waals surface area (Å²) in [6, 6.07) is 8.71. The lowest BCUT2D eigenvalue weighted by Gasteiger charge is -2.37. The molecule has 3 aliphatic rings. The van der Waals surface area contributed by atoms with Crippen LogP contribution in [-0.4, -0.2) is 81.1 Å². The zero-order valence-corrected chi connectivity index (χ0v) is 22.9. The molecule has 1 aromatic carbocycles. The highest BCUT2D eigenvalue weighted by Crippen LogP contribution is 2.26. The molecule has 1 saturated heterocycles. The molecule has 2 fully saturated rings. The Morgan fingerprint density at radius 2 is 1.74 bits per heavy atom. The number of anilines is 1. The summed E-state index contributed by atoms with van der Waals surface area (Å²) in [5.74, 6) is 0.0575. The van der Waals surface area contributed by atoms with Crippen molar-refractivity contribution in [3.05, 3.63) is 52.1 Å². The van der Waals surface area contributed by atoms with Crippen molar-refractivity contribution in [2.45, 2.75) is 76.0 Å². The maximum atomic E-state index is 12.9. The van der Waals surface area contributed by atoms with Crippen LogP contribution in [0.15, 0.2) is 35.3 Å². The van der Waals surface area contributed by atoms with Gasteiger partial charge in [-0.15, -0.1) is 0 Å². The number of aromatic nitrogens is 2. The van der Waals surface area contributed by atoms with Crippen molar-refractivity contribution in [1.82, 2.24) is 24.7 Å². The second kappa shape index (κ2) is 11.1. The normalized spacial score (nSPS) is 23.4. The fourth-order valence-corrected chi connectivity index (χ4v) is 5.91. The number of nitrogens with one attached hydrogen (secondary N) is 2. The van der Waals surface area contributed by atoms with Gasteiger partial charge in [0.05, 0.1) is 11.2 Å². The van der Waals surface area contributed by atoms with Crippen LogP contribution in [0.4, 0.5) is 10.6 Å². The Bertz CT molecular complexity index is 1280. The van der Waals surface area contributed by atoms with Gasteiger partial charge in [-0.3, -0.25) is 14.7 Å². The van der Waals surface area contributed by atoms with E-state index in [1.54, 1.807) is 35.9 Å². The minimum absolute atomic E-state index is 0.138. The number of urea groups is 1. The van der Waals surface area contributed by atoms with Gasteiger partial charge in [0.15, 0.2) is 0 Å². The smallest absolute Gasteiger partial charge is 0.338 e. The number of piperazine rings is 1. The molecule has 5 rings (SSSR count). The molecule has 210 valence electrons. The van der Waals surface area contributed by atoms with Gasteiger partial charge in [-0.05, 0) is 81.7 Å². The molecule has 11 heteroatoms. The zero-order chi connectivity index (χ0) is 27.7. The average Bonchev–Trinajstić information content (AvgIpc) is 3.32. The summed E-state index contributed by atoms with van der Waals surface area (Å²) in [6.45, 7) is 4.92. The Morgan fingerprint density at radius 3 is 2.41 bits per heavy atom. The average molecular weight is 537 g/mol. The van der Waals surface area contributed by atoms with Crippen LogP contribution >= 0.6 is 0 Å². The zero-order valence-electron chi connectivity index (χ0n) is 22.9. The first kappa shape index (κ1) is 27.3. The largest absolute Gasteiger partial charge is 0.354 e. The molecule has 2 heterocycles. The highest BCUT2D eigenvalue weighted by molar-refractivity contribution is 5.89. The number of carbonyl (C=O) groups is 2. The van der Waals surface area contributed by atoms with E-state index in [9.17, 15) is 14.4 Å². The van der Waals surface area contributed by atoms with Gasteiger partial charge in [0.2, 0.25) is 5.91 Å². The molecule has 39 heavy (non-hydrogen) atoms. The molecule has 2 aromatic rings. The molecule has 6 N–H and O–H groups in total. The fourth-order valence-electron chi connectivity index (χ4n) is 5.91. The highest BCUT2D eigenvalue weighted by atomic mass is 16.2. The van der Waals surface area contributed by atoms with E-state index in [0.717, 1.165) is 44.2 Å². The van der Waals surface area contributed by atoms with Crippen molar-refractivity contribution < 1.29 is 9.59 Å². The van der Waals surface area contributed by atoms with Gasteiger partial charge < -0.3 is 26.6 Å². The summed E-state index contributed by atoms with van der Waals surface area (Å²) in [4.78, 5) is 45.3. The van der Waals surface area contributed by atoms with Gasteiger partial charge in [0.25, 0.3) is 0 Å². The Balaban J connectivity index is 1.18. The van der Waals surface area contributed by atoms with E-state index in [-0.39, 0.29) is 17.8 Å². The molecule has 11 nitrogen and oxygen atoms in total. The molecule has 2 unspecified atom stereocenters. The Kier molecular flexibility index (Phi) is 7.75. The van der Waals surface area contributed by atoms with E-state index in [4.69, 9.17) is 11.5 Å². The van der Waals surface area contributed by atoms with Crippen molar-refractivity contribution in [3.63, 3.8) is 0 Å². The first-order valence-corrected chi connectivity index (χ1v) is 13.9. The van der Waals surface area contributed by atoms with Crippen molar-refractivity contribution in [3.8, 4) is 5.69 Å². The van der Waals surface area contributed by atoms with Crippen LogP contribution in [0.2, 0.25) is 0 Å². The topological polar surface area (TPSA) is 152 Å². The number of benzene rings is 1. The maximum absolute atomic E-state index is 12.9. The Labute approximate surface area is 228 Å². The SMILES string of the molecule is CC(C)(N)C(=O)N1CCN(C(=O)Nc2ccn(-c3ccc4c(c3)CCC(NC3CC[C@H](N)C3)C4)c(=O)n2)CC1. The van der Waals surface area contributed by atoms with E-state index in [0.29, 0.717) is 44.3 Å². The second-order valence-corrected chi connectivity index (χ2v) is 11.7. The van der Waals surface area contributed by atoms with E-state index in [2.05, 4.69) is 27.8 Å². The number of amides is 3. The third-order valence-corrected chi connectivity index (χ3v) is 8.09. The summed E-state index contributed by atoms with van der Waals surface area (Å²) >= 11 is 0. The summed E-state index contributed by atoms with van der Waals surface area (Å²) in [5.41, 5.74) is 13.9. The predicted octanol–water partition coefficient (Wildman–Crippen LogP) is 0.973. The number of aryl methyl sites for hydroxylation is 1. The third kappa shape index (κ3) is 6.32. The number of nitrogens with two attached hydrogens (primary N) is 2. The summed E-state index contributed by atoms with van der Waals surface area (Å²) in [7, 11) is 0. The number of fused-ring (bicyclic) bond motifs is 1. The van der Waals surface area contributed by atoms with Crippen molar-refractivity contribution >= 4 is 17.8 Å². The molecule has 1 aromatic heterocycles. The highest BCUT2D eigenvalue weighted by Gasteiger charge is 2.31. The number of hydrogen-bond donors (Lipinski definition) is 4. The van der Waals surface area contributed by atoms with Crippen LogP contribution in [0.25, 0.3) is 5.69 Å². The van der Waals surface area contributed by atoms with Gasteiger partial charge >= 0.3 is 11.7 Å². The number of carbonyl (C=O) groups excluding carboxylic acids is 2. The van der Waals surface area contributed by atoms with E-state index in [1.807, 2.05) is 6.07 Å². The monoisotopic (exact) mass is 536 g/mol. The number of nitrogens with zero attached hydrogens (tertiary/aromatic N) is 4. The first-order chi connectivity index (χ1) is 18.6. The molecule has 3 atom stereocenters. The molecular weight excluding hydrogens is 496 g/mol. The summed E-state index contributed by atoms with van der Waals surface area (Å²) in [6.07, 6.45) is 7.95. The number of hydrogen-bond acceptors (Lipinski definition) is 7. The molecular formula is C28H40N8O3. The number of rotatable bonds is 5. The van der Waals surface area contributed by atoms with E-state index < -0.39 is 11.2 Å². The van der Waals surface area contributed by atoms with Crippen molar-refractivity contribution in [2.24, 2.45) is 11.5 Å². The van der Waals surface area contributed by atoms with E-state index >= 15 is 0 Å². The molecule has 3 amide bonds. The molecule has 0 bridgehead atoms. The lowest BCUT2D eigenvalue weighted by molar-refractivity contribution is -0.137. The van der Waals surface area contributed by atoms with Crippen LogP contribution in [-0.2, 0) is 17.6 Å². The second-order valence-electron chi connectivity index (χ2n) is 11.7. The molecule has 1 saturated carbocycles.